The third kappa shape index (κ3) is 12.7. The first-order valence-electron chi connectivity index (χ1n) is 5.79. The Morgan fingerprint density at radius 1 is 0.824 bits per heavy atom. The average Bonchev–Trinajstić information content (AvgIpc) is 2.24. The second-order valence-corrected chi connectivity index (χ2v) is 3.91. The highest BCUT2D eigenvalue weighted by Gasteiger charge is 2.06. The highest BCUT2D eigenvalue weighted by atomic mass is 16.4. The van der Waals surface area contributed by atoms with E-state index in [4.69, 9.17) is 0 Å². The first-order valence-corrected chi connectivity index (χ1v) is 5.79. The maximum absolute atomic E-state index is 11.3. The van der Waals surface area contributed by atoms with Gasteiger partial charge in [0.15, 0.2) is 0 Å². The van der Waals surface area contributed by atoms with E-state index in [9.17, 15) is 19.5 Å². The number of carboxylic acid groups (broad SMARTS) is 1. The molecule has 0 unspecified atom stereocenters. The number of carbonyl (C=O) groups is 3. The first-order chi connectivity index (χ1) is 7.56. The van der Waals surface area contributed by atoms with Crippen LogP contribution in [0.4, 0.5) is 0 Å². The van der Waals surface area contributed by atoms with Gasteiger partial charge in [-0.3, -0.25) is 9.59 Å². The number of Topliss-reactive ketones (excluding diaryl/α,β-unsaturated/α-hetero) is 2. The van der Waals surface area contributed by atoms with Gasteiger partial charge in [0.1, 0.15) is 11.6 Å². The molecule has 0 bridgehead atoms. The molecule has 0 atom stereocenters. The summed E-state index contributed by atoms with van der Waals surface area (Å²) in [5.74, 6) is -1.30. The van der Waals surface area contributed by atoms with Crippen molar-refractivity contribution in [1.82, 2.24) is 6.15 Å². The molecule has 100 valence electrons. The van der Waals surface area contributed by atoms with E-state index in [1.807, 2.05) is 0 Å². The molecule has 0 amide bonds. The van der Waals surface area contributed by atoms with Crippen molar-refractivity contribution in [3.63, 3.8) is 0 Å². The topological polar surface area (TPSA) is 111 Å². The van der Waals surface area contributed by atoms with Crippen LogP contribution in [0.2, 0.25) is 0 Å². The minimum absolute atomic E-state index is 0. The van der Waals surface area contributed by atoms with Crippen LogP contribution in [0.3, 0.4) is 0 Å². The van der Waals surface area contributed by atoms with Gasteiger partial charge in [-0.25, -0.2) is 0 Å². The molecule has 0 saturated heterocycles. The summed E-state index contributed by atoms with van der Waals surface area (Å²) >= 11 is 0. The molecule has 0 radical (unpaired) electrons. The number of hydrogen-bond donors (Lipinski definition) is 1. The van der Waals surface area contributed by atoms with Gasteiger partial charge in [0.05, 0.1) is 0 Å². The molecular formula is C12H23NO4. The molecule has 0 aromatic rings. The maximum Gasteiger partial charge on any atom is 0.133 e. The lowest BCUT2D eigenvalue weighted by molar-refractivity contribution is -0.305. The zero-order chi connectivity index (χ0) is 12.4. The van der Waals surface area contributed by atoms with Crippen LogP contribution in [0.25, 0.3) is 0 Å². The number of carboxylic acids is 1. The summed E-state index contributed by atoms with van der Waals surface area (Å²) in [6, 6.07) is 0. The van der Waals surface area contributed by atoms with E-state index in [2.05, 4.69) is 6.92 Å². The molecule has 5 heteroatoms. The smallest absolute Gasteiger partial charge is 0.133 e. The van der Waals surface area contributed by atoms with Crippen molar-refractivity contribution in [2.75, 3.05) is 0 Å². The van der Waals surface area contributed by atoms with Gasteiger partial charge in [0.25, 0.3) is 0 Å². The molecule has 0 aromatic heterocycles. The van der Waals surface area contributed by atoms with Crippen molar-refractivity contribution in [1.29, 1.82) is 0 Å². The predicted octanol–water partition coefficient (Wildman–Crippen LogP) is 1.39. The van der Waals surface area contributed by atoms with Crippen molar-refractivity contribution < 1.29 is 19.5 Å². The fourth-order valence-corrected chi connectivity index (χ4v) is 1.34. The van der Waals surface area contributed by atoms with Crippen LogP contribution in [-0.4, -0.2) is 17.5 Å². The summed E-state index contributed by atoms with van der Waals surface area (Å²) in [6.45, 7) is 2.06. The molecule has 4 N–H and O–H groups in total. The number of hydrogen-bond acceptors (Lipinski definition) is 4. The fourth-order valence-electron chi connectivity index (χ4n) is 1.34. The lowest BCUT2D eigenvalue weighted by Gasteiger charge is -2.02. The second-order valence-electron chi connectivity index (χ2n) is 3.91. The summed E-state index contributed by atoms with van der Waals surface area (Å²) < 4.78 is 0. The van der Waals surface area contributed by atoms with Crippen molar-refractivity contribution >= 4 is 17.5 Å². The molecule has 0 aliphatic carbocycles. The molecule has 17 heavy (non-hydrogen) atoms. The number of quaternary nitrogens is 1. The molecule has 0 aliphatic heterocycles. The highest BCUT2D eigenvalue weighted by Crippen LogP contribution is 2.05. The fraction of sp³-hybridized carbons (Fsp3) is 0.750. The van der Waals surface area contributed by atoms with Gasteiger partial charge >= 0.3 is 0 Å². The van der Waals surface area contributed by atoms with E-state index >= 15 is 0 Å². The Kier molecular flexibility index (Phi) is 12.0. The zero-order valence-corrected chi connectivity index (χ0v) is 10.8. The number of aliphatic carboxylic acids is 1. The third-order valence-electron chi connectivity index (χ3n) is 2.35. The molecular weight excluding hydrogens is 222 g/mol. The lowest BCUT2D eigenvalue weighted by atomic mass is 10.0. The quantitative estimate of drug-likeness (QED) is 0.586. The number of carbonyl (C=O) groups excluding carboxylic acids is 3. The van der Waals surface area contributed by atoms with E-state index in [1.54, 1.807) is 0 Å². The van der Waals surface area contributed by atoms with Crippen molar-refractivity contribution in [3.05, 3.63) is 0 Å². The molecule has 0 heterocycles. The number of unbranched alkanes of at least 4 members (excludes halogenated alkanes) is 2. The van der Waals surface area contributed by atoms with Crippen LogP contribution in [0.15, 0.2) is 0 Å². The van der Waals surface area contributed by atoms with E-state index in [-0.39, 0.29) is 43.4 Å². The normalized spacial score (nSPS) is 9.47. The molecule has 5 nitrogen and oxygen atoms in total. The van der Waals surface area contributed by atoms with Crippen LogP contribution in [0.5, 0.6) is 0 Å². The monoisotopic (exact) mass is 245 g/mol. The first kappa shape index (κ1) is 18.1. The van der Waals surface area contributed by atoms with Gasteiger partial charge in [-0.1, -0.05) is 19.8 Å². The minimum Gasteiger partial charge on any atom is -0.550 e. The third-order valence-corrected chi connectivity index (χ3v) is 2.35. The largest absolute Gasteiger partial charge is 0.550 e. The summed E-state index contributed by atoms with van der Waals surface area (Å²) in [5.41, 5.74) is 0. The summed E-state index contributed by atoms with van der Waals surface area (Å²) in [7, 11) is 0. The summed E-state index contributed by atoms with van der Waals surface area (Å²) in [4.78, 5) is 32.5. The van der Waals surface area contributed by atoms with Crippen LogP contribution in [0.1, 0.15) is 58.3 Å². The molecule has 0 spiro atoms. The highest BCUT2D eigenvalue weighted by molar-refractivity contribution is 5.87. The molecule has 0 saturated carbocycles. The Morgan fingerprint density at radius 2 is 1.29 bits per heavy atom. The van der Waals surface area contributed by atoms with E-state index in [0.29, 0.717) is 6.42 Å². The Morgan fingerprint density at radius 3 is 1.76 bits per heavy atom. The van der Waals surface area contributed by atoms with Crippen molar-refractivity contribution in [2.45, 2.75) is 58.3 Å². The number of rotatable bonds is 10. The number of ketones is 2. The minimum atomic E-state index is -1.22. The Hall–Kier alpha value is -1.23. The molecule has 0 aliphatic rings. The van der Waals surface area contributed by atoms with E-state index in [1.165, 1.54) is 0 Å². The molecule has 0 fully saturated rings. The van der Waals surface area contributed by atoms with Crippen LogP contribution >= 0.6 is 0 Å². The van der Waals surface area contributed by atoms with Gasteiger partial charge in [-0.15, -0.1) is 0 Å². The van der Waals surface area contributed by atoms with Crippen molar-refractivity contribution in [2.24, 2.45) is 0 Å². The van der Waals surface area contributed by atoms with E-state index in [0.717, 1.165) is 19.3 Å². The zero-order valence-electron chi connectivity index (χ0n) is 10.8. The SMILES string of the molecule is CCCCCC(=O)CCC(=O)CCC(=O)[O-].[NH4+]. The Balaban J connectivity index is 0. The standard InChI is InChI=1S/C12H20O4.H3N/c1-2-3-4-5-10(13)6-7-11(14)8-9-12(15)16;/h2-9H2,1H3,(H,15,16);1H3. The predicted molar refractivity (Wildman–Crippen MR) is 63.6 cm³/mol. The Labute approximate surface area is 102 Å². The maximum atomic E-state index is 11.3. The van der Waals surface area contributed by atoms with Gasteiger partial charge in [0, 0.05) is 31.7 Å². The summed E-state index contributed by atoms with van der Waals surface area (Å²) in [5, 5.41) is 10.1. The van der Waals surface area contributed by atoms with E-state index < -0.39 is 5.97 Å². The summed E-state index contributed by atoms with van der Waals surface area (Å²) in [6.07, 6.45) is 3.65. The van der Waals surface area contributed by atoms with Gasteiger partial charge < -0.3 is 16.1 Å². The molecule has 0 aromatic carbocycles. The lowest BCUT2D eigenvalue weighted by Crippen LogP contribution is -2.22. The van der Waals surface area contributed by atoms with Gasteiger partial charge in [0.2, 0.25) is 0 Å². The van der Waals surface area contributed by atoms with Crippen LogP contribution < -0.4 is 11.3 Å². The molecule has 0 rings (SSSR count). The second kappa shape index (κ2) is 11.3. The van der Waals surface area contributed by atoms with Crippen molar-refractivity contribution in [3.8, 4) is 0 Å². The van der Waals surface area contributed by atoms with Crippen LogP contribution in [-0.2, 0) is 14.4 Å². The van der Waals surface area contributed by atoms with Crippen LogP contribution in [0, 0.1) is 0 Å². The average molecular weight is 245 g/mol. The Bertz CT molecular complexity index is 251. The van der Waals surface area contributed by atoms with Gasteiger partial charge in [-0.2, -0.15) is 0 Å². The van der Waals surface area contributed by atoms with Gasteiger partial charge in [-0.05, 0) is 12.8 Å².